The maximum atomic E-state index is 12.3. The van der Waals surface area contributed by atoms with Crippen molar-refractivity contribution in [2.45, 2.75) is 13.2 Å². The predicted octanol–water partition coefficient (Wildman–Crippen LogP) is 5.15. The van der Waals surface area contributed by atoms with Crippen LogP contribution in [0.2, 0.25) is 10.0 Å². The number of hydrogen-bond donors (Lipinski definition) is 0. The molecule has 116 valence electrons. The van der Waals surface area contributed by atoms with Gasteiger partial charge in [-0.25, -0.2) is 0 Å². The summed E-state index contributed by atoms with van der Waals surface area (Å²) in [4.78, 5) is 5.10. The topological polar surface area (TPSA) is 30.8 Å². The van der Waals surface area contributed by atoms with E-state index in [4.69, 9.17) is 28.0 Å². The molecule has 0 aromatic heterocycles. The number of para-hydroxylation sites is 1. The summed E-state index contributed by atoms with van der Waals surface area (Å²) in [7, 11) is 0. The summed E-state index contributed by atoms with van der Waals surface area (Å²) < 4.78 is 28.9. The first-order valence-electron chi connectivity index (χ1n) is 6.19. The van der Waals surface area contributed by atoms with E-state index in [1.807, 2.05) is 0 Å². The van der Waals surface area contributed by atoms with Gasteiger partial charge in [0, 0.05) is 5.56 Å². The van der Waals surface area contributed by atoms with E-state index in [2.05, 4.69) is 9.89 Å². The summed E-state index contributed by atoms with van der Waals surface area (Å²) in [6.45, 7) is -2.72. The Morgan fingerprint density at radius 1 is 1.09 bits per heavy atom. The predicted molar refractivity (Wildman–Crippen MR) is 81.9 cm³/mol. The number of hydrogen-bond acceptors (Lipinski definition) is 3. The van der Waals surface area contributed by atoms with Crippen LogP contribution in [0.15, 0.2) is 47.6 Å². The quantitative estimate of drug-likeness (QED) is 0.535. The van der Waals surface area contributed by atoms with Crippen LogP contribution in [-0.2, 0) is 11.4 Å². The van der Waals surface area contributed by atoms with Crippen molar-refractivity contribution >= 4 is 29.4 Å². The van der Waals surface area contributed by atoms with Crippen molar-refractivity contribution in [3.63, 3.8) is 0 Å². The van der Waals surface area contributed by atoms with Crippen LogP contribution in [0.4, 0.5) is 8.78 Å². The van der Waals surface area contributed by atoms with E-state index in [0.29, 0.717) is 15.6 Å². The lowest BCUT2D eigenvalue weighted by Crippen LogP contribution is -2.04. The van der Waals surface area contributed by atoms with E-state index >= 15 is 0 Å². The number of ether oxygens (including phenoxy) is 1. The van der Waals surface area contributed by atoms with Crippen molar-refractivity contribution in [2.24, 2.45) is 5.16 Å². The Bertz CT molecular complexity index is 666. The summed E-state index contributed by atoms with van der Waals surface area (Å²) in [6, 6.07) is 11.3. The second kappa shape index (κ2) is 7.96. The van der Waals surface area contributed by atoms with Crippen LogP contribution >= 0.6 is 23.2 Å². The second-order valence-corrected chi connectivity index (χ2v) is 4.99. The molecule has 0 fully saturated rings. The molecule has 0 spiro atoms. The fourth-order valence-corrected chi connectivity index (χ4v) is 1.95. The largest absolute Gasteiger partial charge is 0.434 e. The van der Waals surface area contributed by atoms with Gasteiger partial charge in [-0.1, -0.05) is 46.6 Å². The standard InChI is InChI=1S/C15H11Cl2F2NO2/c16-12-6-5-10(7-13(12)17)9-21-20-8-11-3-1-2-4-14(11)22-15(18)19/h1-8,15H,9H2. The van der Waals surface area contributed by atoms with Gasteiger partial charge in [0.1, 0.15) is 12.4 Å². The Balaban J connectivity index is 1.96. The van der Waals surface area contributed by atoms with Gasteiger partial charge in [0.2, 0.25) is 0 Å². The van der Waals surface area contributed by atoms with Crippen molar-refractivity contribution in [1.29, 1.82) is 0 Å². The maximum absolute atomic E-state index is 12.3. The fraction of sp³-hybridized carbons (Fsp3) is 0.133. The Labute approximate surface area is 136 Å². The van der Waals surface area contributed by atoms with Crippen LogP contribution in [0.1, 0.15) is 11.1 Å². The van der Waals surface area contributed by atoms with E-state index in [0.717, 1.165) is 5.56 Å². The van der Waals surface area contributed by atoms with Crippen LogP contribution in [0, 0.1) is 0 Å². The molecule has 0 aliphatic carbocycles. The average molecular weight is 346 g/mol. The van der Waals surface area contributed by atoms with Gasteiger partial charge < -0.3 is 9.57 Å². The molecule has 0 bridgehead atoms. The number of oxime groups is 1. The van der Waals surface area contributed by atoms with Crippen molar-refractivity contribution in [1.82, 2.24) is 0 Å². The smallest absolute Gasteiger partial charge is 0.387 e. The van der Waals surface area contributed by atoms with E-state index < -0.39 is 6.61 Å². The molecule has 2 rings (SSSR count). The van der Waals surface area contributed by atoms with Gasteiger partial charge in [-0.05, 0) is 29.8 Å². The minimum atomic E-state index is -2.90. The molecule has 0 aliphatic rings. The van der Waals surface area contributed by atoms with Gasteiger partial charge in [-0.2, -0.15) is 8.78 Å². The first kappa shape index (κ1) is 16.5. The summed E-state index contributed by atoms with van der Waals surface area (Å²) >= 11 is 11.7. The fourth-order valence-electron chi connectivity index (χ4n) is 1.63. The molecule has 0 heterocycles. The third-order valence-electron chi connectivity index (χ3n) is 2.62. The second-order valence-electron chi connectivity index (χ2n) is 4.17. The minimum absolute atomic E-state index is 0.0272. The third-order valence-corrected chi connectivity index (χ3v) is 3.36. The lowest BCUT2D eigenvalue weighted by atomic mass is 10.2. The Kier molecular flexibility index (Phi) is 5.98. The highest BCUT2D eigenvalue weighted by atomic mass is 35.5. The van der Waals surface area contributed by atoms with Gasteiger partial charge in [0.15, 0.2) is 0 Å². The molecule has 0 unspecified atom stereocenters. The van der Waals surface area contributed by atoms with Gasteiger partial charge in [0.05, 0.1) is 16.3 Å². The first-order chi connectivity index (χ1) is 10.6. The molecule has 3 nitrogen and oxygen atoms in total. The Morgan fingerprint density at radius 2 is 1.86 bits per heavy atom. The molecule has 0 radical (unpaired) electrons. The molecule has 22 heavy (non-hydrogen) atoms. The zero-order valence-electron chi connectivity index (χ0n) is 11.2. The number of benzene rings is 2. The number of alkyl halides is 2. The highest BCUT2D eigenvalue weighted by Gasteiger charge is 2.07. The molecule has 0 atom stereocenters. The number of rotatable bonds is 6. The lowest BCUT2D eigenvalue weighted by molar-refractivity contribution is -0.0499. The average Bonchev–Trinajstić information content (AvgIpc) is 2.48. The molecule has 7 heteroatoms. The summed E-state index contributed by atoms with van der Waals surface area (Å²) in [6.07, 6.45) is 1.30. The Hall–Kier alpha value is -1.85. The lowest BCUT2D eigenvalue weighted by Gasteiger charge is -2.07. The van der Waals surface area contributed by atoms with Crippen LogP contribution in [0.25, 0.3) is 0 Å². The van der Waals surface area contributed by atoms with Crippen LogP contribution in [0.3, 0.4) is 0 Å². The van der Waals surface area contributed by atoms with Gasteiger partial charge in [-0.15, -0.1) is 0 Å². The summed E-state index contributed by atoms with van der Waals surface area (Å²) in [5, 5.41) is 4.60. The molecular formula is C15H11Cl2F2NO2. The van der Waals surface area contributed by atoms with E-state index in [1.165, 1.54) is 12.3 Å². The molecule has 0 amide bonds. The molecule has 0 saturated heterocycles. The molecule has 0 aliphatic heterocycles. The zero-order chi connectivity index (χ0) is 15.9. The SMILES string of the molecule is FC(F)Oc1ccccc1C=NOCc1ccc(Cl)c(Cl)c1. The maximum Gasteiger partial charge on any atom is 0.387 e. The highest BCUT2D eigenvalue weighted by Crippen LogP contribution is 2.23. The highest BCUT2D eigenvalue weighted by molar-refractivity contribution is 6.42. The van der Waals surface area contributed by atoms with Gasteiger partial charge in [0.25, 0.3) is 0 Å². The van der Waals surface area contributed by atoms with Crippen LogP contribution < -0.4 is 4.74 Å². The first-order valence-corrected chi connectivity index (χ1v) is 6.95. The Morgan fingerprint density at radius 3 is 2.59 bits per heavy atom. The molecule has 2 aromatic carbocycles. The molecule has 0 N–H and O–H groups in total. The summed E-state index contributed by atoms with van der Waals surface area (Å²) in [5.74, 6) is 0.0272. The van der Waals surface area contributed by atoms with Crippen LogP contribution in [0.5, 0.6) is 5.75 Å². The normalized spacial score (nSPS) is 11.1. The molecule has 0 saturated carbocycles. The van der Waals surface area contributed by atoms with E-state index in [-0.39, 0.29) is 12.4 Å². The van der Waals surface area contributed by atoms with Gasteiger partial charge >= 0.3 is 6.61 Å². The van der Waals surface area contributed by atoms with Crippen LogP contribution in [-0.4, -0.2) is 12.8 Å². The zero-order valence-corrected chi connectivity index (χ0v) is 12.7. The van der Waals surface area contributed by atoms with Crippen molar-refractivity contribution in [2.75, 3.05) is 0 Å². The monoisotopic (exact) mass is 345 g/mol. The van der Waals surface area contributed by atoms with Crippen molar-refractivity contribution in [3.05, 3.63) is 63.6 Å². The van der Waals surface area contributed by atoms with Gasteiger partial charge in [-0.3, -0.25) is 0 Å². The number of nitrogens with zero attached hydrogens (tertiary/aromatic N) is 1. The molecular weight excluding hydrogens is 335 g/mol. The molecule has 2 aromatic rings. The number of halogens is 4. The summed E-state index contributed by atoms with van der Waals surface area (Å²) in [5.41, 5.74) is 1.17. The van der Waals surface area contributed by atoms with Crippen molar-refractivity contribution < 1.29 is 18.4 Å². The third kappa shape index (κ3) is 4.86. The van der Waals surface area contributed by atoms with E-state index in [9.17, 15) is 8.78 Å². The van der Waals surface area contributed by atoms with Crippen molar-refractivity contribution in [3.8, 4) is 5.75 Å². The van der Waals surface area contributed by atoms with E-state index in [1.54, 1.807) is 36.4 Å². The minimum Gasteiger partial charge on any atom is -0.434 e.